The fourth-order valence-electron chi connectivity index (χ4n) is 1.96. The van der Waals surface area contributed by atoms with Gasteiger partial charge in [-0.1, -0.05) is 5.21 Å². The molecule has 0 fully saturated rings. The van der Waals surface area contributed by atoms with E-state index in [9.17, 15) is 4.79 Å². The number of aromatic nitrogens is 5. The van der Waals surface area contributed by atoms with E-state index >= 15 is 0 Å². The summed E-state index contributed by atoms with van der Waals surface area (Å²) < 4.78 is 1.65. The summed E-state index contributed by atoms with van der Waals surface area (Å²) >= 11 is 0. The van der Waals surface area contributed by atoms with E-state index in [1.165, 1.54) is 17.6 Å². The SMILES string of the molecule is O=C(/C=C/c1cn(Cc2cc3cnccc3[nH]2)nn1)NO. The molecule has 0 unspecified atom stereocenters. The Labute approximate surface area is 119 Å². The van der Waals surface area contributed by atoms with Crippen molar-refractivity contribution in [2.75, 3.05) is 0 Å². The Bertz CT molecular complexity index is 771. The first-order chi connectivity index (χ1) is 10.2. The van der Waals surface area contributed by atoms with Gasteiger partial charge in [0, 0.05) is 35.1 Å². The molecule has 3 aromatic rings. The van der Waals surface area contributed by atoms with Gasteiger partial charge in [0.1, 0.15) is 5.69 Å². The summed E-state index contributed by atoms with van der Waals surface area (Å²) in [5.74, 6) is -0.618. The van der Waals surface area contributed by atoms with Crippen molar-refractivity contribution in [2.45, 2.75) is 6.54 Å². The van der Waals surface area contributed by atoms with Gasteiger partial charge in [-0.3, -0.25) is 15.0 Å². The second-order valence-electron chi connectivity index (χ2n) is 4.41. The Kier molecular flexibility index (Phi) is 3.44. The summed E-state index contributed by atoms with van der Waals surface area (Å²) in [4.78, 5) is 18.2. The number of H-pyrrole nitrogens is 1. The molecule has 0 bridgehead atoms. The molecule has 0 aliphatic heterocycles. The Hall–Kier alpha value is -3.00. The average Bonchev–Trinajstić information content (AvgIpc) is 3.10. The quantitative estimate of drug-likeness (QED) is 0.371. The van der Waals surface area contributed by atoms with Crippen LogP contribution in [0.1, 0.15) is 11.4 Å². The van der Waals surface area contributed by atoms with E-state index in [4.69, 9.17) is 5.21 Å². The zero-order valence-electron chi connectivity index (χ0n) is 10.9. The summed E-state index contributed by atoms with van der Waals surface area (Å²) in [6.07, 6.45) is 7.85. The largest absolute Gasteiger partial charge is 0.357 e. The third-order valence-corrected chi connectivity index (χ3v) is 2.88. The van der Waals surface area contributed by atoms with Crippen molar-refractivity contribution < 1.29 is 10.0 Å². The number of fused-ring (bicyclic) bond motifs is 1. The van der Waals surface area contributed by atoms with Gasteiger partial charge in [0.2, 0.25) is 0 Å². The minimum atomic E-state index is -0.618. The Morgan fingerprint density at radius 3 is 3.24 bits per heavy atom. The number of amides is 1. The predicted octanol–water partition coefficient (Wildman–Crippen LogP) is 0.721. The third kappa shape index (κ3) is 2.95. The maximum Gasteiger partial charge on any atom is 0.267 e. The highest BCUT2D eigenvalue weighted by atomic mass is 16.5. The van der Waals surface area contributed by atoms with Gasteiger partial charge in [0.15, 0.2) is 0 Å². The maximum absolute atomic E-state index is 10.9. The van der Waals surface area contributed by atoms with Gasteiger partial charge in [-0.15, -0.1) is 5.10 Å². The zero-order valence-corrected chi connectivity index (χ0v) is 10.9. The lowest BCUT2D eigenvalue weighted by Crippen LogP contribution is -2.14. The lowest BCUT2D eigenvalue weighted by Gasteiger charge is -1.95. The van der Waals surface area contributed by atoms with Crippen molar-refractivity contribution >= 4 is 22.9 Å². The summed E-state index contributed by atoms with van der Waals surface area (Å²) in [5, 5.41) is 17.3. The van der Waals surface area contributed by atoms with Gasteiger partial charge in [-0.2, -0.15) is 0 Å². The van der Waals surface area contributed by atoms with Crippen LogP contribution in [0, 0.1) is 0 Å². The van der Waals surface area contributed by atoms with Crippen LogP contribution in [0.5, 0.6) is 0 Å². The number of hydrogen-bond acceptors (Lipinski definition) is 5. The topological polar surface area (TPSA) is 109 Å². The Morgan fingerprint density at radius 2 is 2.43 bits per heavy atom. The smallest absolute Gasteiger partial charge is 0.267 e. The molecule has 3 rings (SSSR count). The van der Waals surface area contributed by atoms with E-state index in [0.29, 0.717) is 12.2 Å². The molecule has 21 heavy (non-hydrogen) atoms. The number of carbonyl (C=O) groups excluding carboxylic acids is 1. The van der Waals surface area contributed by atoms with Crippen LogP contribution in [0.2, 0.25) is 0 Å². The van der Waals surface area contributed by atoms with E-state index in [1.54, 1.807) is 23.3 Å². The molecule has 0 radical (unpaired) electrons. The molecule has 8 heteroatoms. The molecule has 1 amide bonds. The monoisotopic (exact) mass is 284 g/mol. The zero-order chi connectivity index (χ0) is 14.7. The van der Waals surface area contributed by atoms with Crippen LogP contribution in [0.25, 0.3) is 17.0 Å². The van der Waals surface area contributed by atoms with Crippen LogP contribution in [0.15, 0.2) is 36.8 Å². The van der Waals surface area contributed by atoms with Crippen molar-refractivity contribution in [3.05, 3.63) is 48.2 Å². The molecular weight excluding hydrogens is 272 g/mol. The van der Waals surface area contributed by atoms with E-state index < -0.39 is 5.91 Å². The van der Waals surface area contributed by atoms with Crippen LogP contribution in [-0.2, 0) is 11.3 Å². The minimum absolute atomic E-state index is 0.524. The first-order valence-corrected chi connectivity index (χ1v) is 6.18. The van der Waals surface area contributed by atoms with Crippen LogP contribution in [-0.4, -0.2) is 36.1 Å². The van der Waals surface area contributed by atoms with E-state index in [-0.39, 0.29) is 0 Å². The summed E-state index contributed by atoms with van der Waals surface area (Å²) in [6, 6.07) is 3.90. The number of aromatic amines is 1. The fraction of sp³-hybridized carbons (Fsp3) is 0.0769. The average molecular weight is 284 g/mol. The second kappa shape index (κ2) is 5.55. The highest BCUT2D eigenvalue weighted by molar-refractivity contribution is 5.90. The lowest BCUT2D eigenvalue weighted by atomic mass is 10.3. The molecule has 3 heterocycles. The van der Waals surface area contributed by atoms with Crippen LogP contribution >= 0.6 is 0 Å². The van der Waals surface area contributed by atoms with Gasteiger partial charge in [-0.25, -0.2) is 10.2 Å². The minimum Gasteiger partial charge on any atom is -0.357 e. The second-order valence-corrected chi connectivity index (χ2v) is 4.41. The molecule has 3 aromatic heterocycles. The molecule has 0 saturated heterocycles. The van der Waals surface area contributed by atoms with Gasteiger partial charge in [-0.05, 0) is 18.2 Å². The first-order valence-electron chi connectivity index (χ1n) is 6.18. The normalized spacial score (nSPS) is 11.3. The molecule has 8 nitrogen and oxygen atoms in total. The van der Waals surface area contributed by atoms with Crippen LogP contribution in [0.4, 0.5) is 0 Å². The van der Waals surface area contributed by atoms with Gasteiger partial charge in [0.05, 0.1) is 12.7 Å². The molecule has 0 saturated carbocycles. The Balaban J connectivity index is 1.74. The summed E-state index contributed by atoms with van der Waals surface area (Å²) in [5.41, 5.74) is 4.02. The molecule has 0 spiro atoms. The number of rotatable bonds is 4. The van der Waals surface area contributed by atoms with E-state index in [0.717, 1.165) is 16.6 Å². The van der Waals surface area contributed by atoms with Crippen molar-refractivity contribution in [3.63, 3.8) is 0 Å². The van der Waals surface area contributed by atoms with Crippen molar-refractivity contribution in [3.8, 4) is 0 Å². The standard InChI is InChI=1S/C13H12N6O2/c20-13(17-21)2-1-10-7-19(18-16-10)8-11-5-9-6-14-4-3-12(9)15-11/h1-7,15,21H,8H2,(H,17,20)/b2-1+. The number of hydroxylamine groups is 1. The molecule has 0 aromatic carbocycles. The van der Waals surface area contributed by atoms with Gasteiger partial charge < -0.3 is 4.98 Å². The van der Waals surface area contributed by atoms with E-state index in [1.807, 2.05) is 12.1 Å². The number of nitrogens with one attached hydrogen (secondary N) is 2. The third-order valence-electron chi connectivity index (χ3n) is 2.88. The molecular formula is C13H12N6O2. The van der Waals surface area contributed by atoms with Crippen molar-refractivity contribution in [1.29, 1.82) is 0 Å². The number of pyridine rings is 1. The number of nitrogens with zero attached hydrogens (tertiary/aromatic N) is 4. The molecule has 0 aliphatic carbocycles. The van der Waals surface area contributed by atoms with Gasteiger partial charge >= 0.3 is 0 Å². The highest BCUT2D eigenvalue weighted by Gasteiger charge is 2.03. The van der Waals surface area contributed by atoms with Gasteiger partial charge in [0.25, 0.3) is 5.91 Å². The summed E-state index contributed by atoms with van der Waals surface area (Å²) in [7, 11) is 0. The lowest BCUT2D eigenvalue weighted by molar-refractivity contribution is -0.124. The highest BCUT2D eigenvalue weighted by Crippen LogP contribution is 2.14. The summed E-state index contributed by atoms with van der Waals surface area (Å²) in [6.45, 7) is 0.529. The Morgan fingerprint density at radius 1 is 1.52 bits per heavy atom. The maximum atomic E-state index is 10.9. The molecule has 0 aliphatic rings. The van der Waals surface area contributed by atoms with Crippen molar-refractivity contribution in [2.24, 2.45) is 0 Å². The van der Waals surface area contributed by atoms with Crippen LogP contribution < -0.4 is 5.48 Å². The van der Waals surface area contributed by atoms with E-state index in [2.05, 4.69) is 20.3 Å². The molecule has 106 valence electrons. The molecule has 3 N–H and O–H groups in total. The predicted molar refractivity (Wildman–Crippen MR) is 74.2 cm³/mol. The fourth-order valence-corrected chi connectivity index (χ4v) is 1.96. The molecule has 0 atom stereocenters. The van der Waals surface area contributed by atoms with Crippen molar-refractivity contribution in [1.82, 2.24) is 30.4 Å². The number of hydrogen-bond donors (Lipinski definition) is 3. The number of carbonyl (C=O) groups is 1. The van der Waals surface area contributed by atoms with Crippen LogP contribution in [0.3, 0.4) is 0 Å². The first kappa shape index (κ1) is 13.0.